The number of aromatic nitrogens is 1. The molecule has 9 heteroatoms. The molecule has 1 aromatic heterocycles. The third-order valence-electron chi connectivity index (χ3n) is 4.33. The van der Waals surface area contributed by atoms with Gasteiger partial charge in [0, 0.05) is 17.0 Å². The Morgan fingerprint density at radius 3 is 2.93 bits per heavy atom. The maximum Gasteiger partial charge on any atom is 0.274 e. The molecule has 0 fully saturated rings. The minimum absolute atomic E-state index is 0.109. The van der Waals surface area contributed by atoms with Gasteiger partial charge in [0.1, 0.15) is 23.9 Å². The minimum atomic E-state index is -0.774. The summed E-state index contributed by atoms with van der Waals surface area (Å²) in [4.78, 5) is 20.9. The first kappa shape index (κ1) is 20.1. The summed E-state index contributed by atoms with van der Waals surface area (Å²) in [6, 6.07) is 7.48. The Labute approximate surface area is 166 Å². The first-order chi connectivity index (χ1) is 13.4. The summed E-state index contributed by atoms with van der Waals surface area (Å²) in [6.07, 6.45) is 2.04. The number of carbonyl (C=O) groups excluding carboxylic acids is 1. The number of amides is 1. The molecule has 1 aliphatic rings. The van der Waals surface area contributed by atoms with E-state index in [0.29, 0.717) is 28.6 Å². The Morgan fingerprint density at radius 2 is 2.25 bits per heavy atom. The van der Waals surface area contributed by atoms with Crippen molar-refractivity contribution in [3.8, 4) is 5.75 Å². The lowest BCUT2D eigenvalue weighted by Crippen LogP contribution is -2.29. The van der Waals surface area contributed by atoms with Crippen LogP contribution in [0.3, 0.4) is 0 Å². The van der Waals surface area contributed by atoms with E-state index in [1.165, 1.54) is 36.2 Å². The molecule has 0 bridgehead atoms. The molecule has 0 radical (unpaired) electrons. The van der Waals surface area contributed by atoms with Gasteiger partial charge >= 0.3 is 0 Å². The molecule has 1 aliphatic heterocycles. The fourth-order valence-electron chi connectivity index (χ4n) is 2.85. The number of rotatable bonds is 6. The van der Waals surface area contributed by atoms with Crippen molar-refractivity contribution in [3.63, 3.8) is 0 Å². The van der Waals surface area contributed by atoms with E-state index in [2.05, 4.69) is 15.3 Å². The third-order valence-corrected chi connectivity index (χ3v) is 5.12. The summed E-state index contributed by atoms with van der Waals surface area (Å²) < 4.78 is 19.7. The van der Waals surface area contributed by atoms with Gasteiger partial charge in [-0.1, -0.05) is 11.8 Å². The number of halogens is 1. The number of hydrogen-bond donors (Lipinski definition) is 3. The second kappa shape index (κ2) is 8.57. The third kappa shape index (κ3) is 4.60. The zero-order valence-electron chi connectivity index (χ0n) is 15.3. The molecule has 28 heavy (non-hydrogen) atoms. The van der Waals surface area contributed by atoms with E-state index in [1.807, 2.05) is 6.92 Å². The molecule has 0 saturated heterocycles. The van der Waals surface area contributed by atoms with Gasteiger partial charge in [0.2, 0.25) is 0 Å². The largest absolute Gasteiger partial charge is 0.490 e. The number of carbonyl (C=O) groups is 1. The first-order valence-electron chi connectivity index (χ1n) is 8.70. The number of thioether (sulfide) groups is 1. The smallest absolute Gasteiger partial charge is 0.274 e. The van der Waals surface area contributed by atoms with Crippen LogP contribution in [0.5, 0.6) is 5.75 Å². The van der Waals surface area contributed by atoms with Gasteiger partial charge in [0.25, 0.3) is 5.91 Å². The number of nitrogens with one attached hydrogen (secondary N) is 1. The second-order valence-corrected chi connectivity index (χ2v) is 7.54. The van der Waals surface area contributed by atoms with Crippen molar-refractivity contribution in [1.29, 1.82) is 0 Å². The molecular weight excluding hydrogens is 383 g/mol. The number of benzene rings is 1. The van der Waals surface area contributed by atoms with Crippen LogP contribution in [0.4, 0.5) is 10.1 Å². The quantitative estimate of drug-likeness (QED) is 0.682. The molecular formula is C19H21FN4O3S. The number of hydrogen-bond acceptors (Lipinski definition) is 7. The van der Waals surface area contributed by atoms with Crippen LogP contribution in [0, 0.1) is 5.82 Å². The van der Waals surface area contributed by atoms with Crippen molar-refractivity contribution in [2.75, 3.05) is 24.3 Å². The van der Waals surface area contributed by atoms with Crippen molar-refractivity contribution in [2.45, 2.75) is 18.9 Å². The molecule has 4 N–H and O–H groups in total. The van der Waals surface area contributed by atoms with E-state index in [0.717, 1.165) is 5.75 Å². The molecule has 148 valence electrons. The van der Waals surface area contributed by atoms with Crippen LogP contribution in [-0.2, 0) is 5.54 Å². The van der Waals surface area contributed by atoms with Crippen molar-refractivity contribution >= 4 is 28.5 Å². The average molecular weight is 404 g/mol. The Morgan fingerprint density at radius 1 is 1.43 bits per heavy atom. The summed E-state index contributed by atoms with van der Waals surface area (Å²) in [5, 5.41) is 11.9. The number of nitrogens with two attached hydrogens (primary N) is 1. The average Bonchev–Trinajstić information content (AvgIpc) is 2.68. The van der Waals surface area contributed by atoms with Crippen LogP contribution in [0.1, 0.15) is 29.4 Å². The SMILES string of the molecule is C[C@@]1(c2cc(NC(=O)c3ccc(OCCO)cn3)ccc2F)CCSC(N)=N1. The van der Waals surface area contributed by atoms with Crippen LogP contribution >= 0.6 is 11.8 Å². The summed E-state index contributed by atoms with van der Waals surface area (Å²) in [6.45, 7) is 1.87. The summed E-state index contributed by atoms with van der Waals surface area (Å²) in [7, 11) is 0. The Balaban J connectivity index is 1.78. The highest BCUT2D eigenvalue weighted by molar-refractivity contribution is 8.13. The highest BCUT2D eigenvalue weighted by Crippen LogP contribution is 2.37. The Hall–Kier alpha value is -2.65. The highest BCUT2D eigenvalue weighted by atomic mass is 32.2. The maximum absolute atomic E-state index is 14.5. The fourth-order valence-corrected chi connectivity index (χ4v) is 3.83. The number of anilines is 1. The lowest BCUT2D eigenvalue weighted by atomic mass is 9.89. The number of pyridine rings is 1. The van der Waals surface area contributed by atoms with E-state index in [9.17, 15) is 9.18 Å². The molecule has 2 aromatic rings. The predicted molar refractivity (Wildman–Crippen MR) is 107 cm³/mol. The molecule has 1 atom stereocenters. The van der Waals surface area contributed by atoms with E-state index in [-0.39, 0.29) is 18.9 Å². The zero-order valence-corrected chi connectivity index (χ0v) is 16.1. The van der Waals surface area contributed by atoms with Crippen LogP contribution in [0.25, 0.3) is 0 Å². The molecule has 0 spiro atoms. The number of aliphatic hydroxyl groups is 1. The van der Waals surface area contributed by atoms with Gasteiger partial charge in [0.05, 0.1) is 18.3 Å². The first-order valence-corrected chi connectivity index (χ1v) is 9.69. The van der Waals surface area contributed by atoms with Crippen molar-refractivity contribution in [2.24, 2.45) is 10.7 Å². The Bertz CT molecular complexity index is 891. The van der Waals surface area contributed by atoms with Gasteiger partial charge < -0.3 is 20.9 Å². The molecule has 0 saturated carbocycles. The zero-order chi connectivity index (χ0) is 20.1. The molecule has 1 aromatic carbocycles. The van der Waals surface area contributed by atoms with Crippen molar-refractivity contribution in [3.05, 3.63) is 53.6 Å². The number of aliphatic hydroxyl groups excluding tert-OH is 1. The monoisotopic (exact) mass is 404 g/mol. The van der Waals surface area contributed by atoms with Gasteiger partial charge in [0.15, 0.2) is 5.17 Å². The van der Waals surface area contributed by atoms with E-state index >= 15 is 0 Å². The van der Waals surface area contributed by atoms with Crippen molar-refractivity contribution in [1.82, 2.24) is 4.98 Å². The molecule has 3 rings (SSSR count). The van der Waals surface area contributed by atoms with Gasteiger partial charge in [-0.05, 0) is 43.7 Å². The van der Waals surface area contributed by atoms with E-state index in [1.54, 1.807) is 12.1 Å². The minimum Gasteiger partial charge on any atom is -0.490 e. The number of amidine groups is 1. The predicted octanol–water partition coefficient (Wildman–Crippen LogP) is 2.51. The van der Waals surface area contributed by atoms with Gasteiger partial charge in [-0.2, -0.15) is 0 Å². The fraction of sp³-hybridized carbons (Fsp3) is 0.316. The van der Waals surface area contributed by atoms with Crippen LogP contribution in [0.2, 0.25) is 0 Å². The normalized spacial score (nSPS) is 19.0. The number of aliphatic imine (C=N–C) groups is 1. The van der Waals surface area contributed by atoms with Gasteiger partial charge in [-0.25, -0.2) is 9.37 Å². The molecule has 2 heterocycles. The molecule has 0 aliphatic carbocycles. The molecule has 0 unspecified atom stereocenters. The molecule has 7 nitrogen and oxygen atoms in total. The summed E-state index contributed by atoms with van der Waals surface area (Å²) in [5.41, 5.74) is 6.06. The topological polar surface area (TPSA) is 110 Å². The van der Waals surface area contributed by atoms with E-state index in [4.69, 9.17) is 15.6 Å². The lowest BCUT2D eigenvalue weighted by molar-refractivity contribution is 0.102. The van der Waals surface area contributed by atoms with Crippen LogP contribution < -0.4 is 15.8 Å². The van der Waals surface area contributed by atoms with E-state index < -0.39 is 17.3 Å². The number of ether oxygens (including phenoxy) is 1. The summed E-state index contributed by atoms with van der Waals surface area (Å²) in [5.74, 6) is 0.371. The van der Waals surface area contributed by atoms with Crippen LogP contribution in [0.15, 0.2) is 41.5 Å². The highest BCUT2D eigenvalue weighted by Gasteiger charge is 2.32. The molecule has 1 amide bonds. The second-order valence-electron chi connectivity index (χ2n) is 6.42. The maximum atomic E-state index is 14.5. The lowest BCUT2D eigenvalue weighted by Gasteiger charge is -2.30. The Kier molecular flexibility index (Phi) is 6.15. The number of nitrogens with zero attached hydrogens (tertiary/aromatic N) is 2. The van der Waals surface area contributed by atoms with Gasteiger partial charge in [-0.15, -0.1) is 0 Å². The van der Waals surface area contributed by atoms with Crippen molar-refractivity contribution < 1.29 is 19.0 Å². The van der Waals surface area contributed by atoms with Crippen LogP contribution in [-0.4, -0.2) is 40.1 Å². The standard InChI is InChI=1S/C19H21FN4O3S/c1-19(6-9-28-18(21)24-19)14-10-12(2-4-15(14)20)23-17(26)16-5-3-13(11-22-16)27-8-7-25/h2-5,10-11,25H,6-9H2,1H3,(H2,21,24)(H,23,26)/t19-/m0/s1. The van der Waals surface area contributed by atoms with Gasteiger partial charge in [-0.3, -0.25) is 9.79 Å². The summed E-state index contributed by atoms with van der Waals surface area (Å²) >= 11 is 1.44.